The molecule has 0 aliphatic rings. The fraction of sp³-hybridized carbons (Fsp3) is 1.00. The molecule has 0 unspecified atom stereocenters. The van der Waals surface area contributed by atoms with Gasteiger partial charge in [0, 0.05) is 0 Å². The first kappa shape index (κ1) is 60.0. The minimum absolute atomic E-state index is 0. The Balaban J connectivity index is -0.00000000785. The van der Waals surface area contributed by atoms with Crippen LogP contribution in [0.15, 0.2) is 0 Å². The van der Waals surface area contributed by atoms with E-state index in [0.29, 0.717) is 0 Å². The molecule has 0 saturated carbocycles. The summed E-state index contributed by atoms with van der Waals surface area (Å²) in [5.41, 5.74) is 0. The van der Waals surface area contributed by atoms with Gasteiger partial charge in [-0.15, -0.1) is 0 Å². The molecule has 0 aromatic rings. The maximum atomic E-state index is 2.21. The highest BCUT2D eigenvalue weighted by atomic mass is 13.7. The van der Waals surface area contributed by atoms with E-state index in [1.165, 1.54) is 32.1 Å². The quantitative estimate of drug-likeness (QED) is 0.460. The highest BCUT2D eigenvalue weighted by Crippen LogP contribution is 1.88. The van der Waals surface area contributed by atoms with Crippen molar-refractivity contribution in [3.05, 3.63) is 0 Å². The standard InChI is InChI=1S/C5H12.C4H10.6CH4/c1-3-5-4-2;1-3-4-2;;;;;;/h3-5H2,1-2H3;3-4H2,1-2H3;6*1H4. The Labute approximate surface area is 105 Å². The molecular weight excluding hydrogens is 180 g/mol. The van der Waals surface area contributed by atoms with Gasteiger partial charge in [0.25, 0.3) is 0 Å². The predicted molar refractivity (Wildman–Crippen MR) is 86.2 cm³/mol. The zero-order chi connectivity index (χ0) is 7.54. The highest BCUT2D eigenvalue weighted by molar-refractivity contribution is 4.24. The first-order valence-electron chi connectivity index (χ1n) is 4.33. The summed E-state index contributed by atoms with van der Waals surface area (Å²) in [6, 6.07) is 0. The molecular formula is C15H46. The molecule has 0 aromatic carbocycles. The first-order valence-corrected chi connectivity index (χ1v) is 4.33. The van der Waals surface area contributed by atoms with Gasteiger partial charge in [-0.2, -0.15) is 0 Å². The van der Waals surface area contributed by atoms with Gasteiger partial charge in [0.1, 0.15) is 0 Å². The molecule has 0 amide bonds. The first-order chi connectivity index (χ1) is 4.33. The van der Waals surface area contributed by atoms with Crippen LogP contribution in [0.4, 0.5) is 0 Å². The second kappa shape index (κ2) is 94.6. The molecule has 0 nitrogen and oxygen atoms in total. The molecule has 0 bridgehead atoms. The van der Waals surface area contributed by atoms with Crippen LogP contribution in [-0.2, 0) is 0 Å². The van der Waals surface area contributed by atoms with Crippen molar-refractivity contribution in [1.82, 2.24) is 0 Å². The fourth-order valence-electron chi connectivity index (χ4n) is 0.354. The monoisotopic (exact) mass is 226 g/mol. The molecule has 0 spiro atoms. The van der Waals surface area contributed by atoms with Crippen LogP contribution >= 0.6 is 0 Å². The summed E-state index contributed by atoms with van der Waals surface area (Å²) in [7, 11) is 0. The molecule has 0 radical (unpaired) electrons. The van der Waals surface area contributed by atoms with Gasteiger partial charge in [-0.1, -0.05) is 104 Å². The summed E-state index contributed by atoms with van der Waals surface area (Å²) >= 11 is 0. The SMILES string of the molecule is C.C.C.C.C.C.CCCC.CCCCC. The number of hydrogen-bond donors (Lipinski definition) is 0. The summed E-state index contributed by atoms with van der Waals surface area (Å²) in [6.45, 7) is 8.78. The third kappa shape index (κ3) is 224. The minimum Gasteiger partial charge on any atom is -0.0776 e. The van der Waals surface area contributed by atoms with Gasteiger partial charge in [0.15, 0.2) is 0 Å². The van der Waals surface area contributed by atoms with Gasteiger partial charge in [0.05, 0.1) is 0 Å². The van der Waals surface area contributed by atoms with Crippen molar-refractivity contribution in [2.24, 2.45) is 0 Å². The van der Waals surface area contributed by atoms with E-state index in [0.717, 1.165) is 0 Å². The third-order valence-electron chi connectivity index (χ3n) is 1.21. The van der Waals surface area contributed by atoms with Crippen LogP contribution in [0.2, 0.25) is 0 Å². The van der Waals surface area contributed by atoms with E-state index >= 15 is 0 Å². The van der Waals surface area contributed by atoms with Crippen LogP contribution in [0, 0.1) is 0 Å². The summed E-state index contributed by atoms with van der Waals surface area (Å²) in [6.07, 6.45) is 6.72. The Morgan fingerprint density at radius 3 is 0.600 bits per heavy atom. The Hall–Kier alpha value is 0. The molecule has 0 heteroatoms. The van der Waals surface area contributed by atoms with Gasteiger partial charge in [-0.3, -0.25) is 0 Å². The van der Waals surface area contributed by atoms with E-state index in [1.54, 1.807) is 0 Å². The van der Waals surface area contributed by atoms with Crippen LogP contribution in [0.25, 0.3) is 0 Å². The van der Waals surface area contributed by atoms with Crippen molar-refractivity contribution in [3.63, 3.8) is 0 Å². The van der Waals surface area contributed by atoms with E-state index in [4.69, 9.17) is 0 Å². The molecule has 0 heterocycles. The number of unbranched alkanes of at least 4 members (excludes halogenated alkanes) is 3. The van der Waals surface area contributed by atoms with Crippen molar-refractivity contribution in [2.45, 2.75) is 104 Å². The third-order valence-corrected chi connectivity index (χ3v) is 1.21. The van der Waals surface area contributed by atoms with Crippen LogP contribution < -0.4 is 0 Å². The maximum Gasteiger partial charge on any atom is -0.0538 e. The average Bonchev–Trinajstić information content (AvgIpc) is 1.91. The summed E-state index contributed by atoms with van der Waals surface area (Å²) < 4.78 is 0. The zero-order valence-corrected chi connectivity index (χ0v) is 7.54. The van der Waals surface area contributed by atoms with Gasteiger partial charge < -0.3 is 0 Å². The molecule has 0 saturated heterocycles. The largest absolute Gasteiger partial charge is 0.0776 e. The van der Waals surface area contributed by atoms with Crippen molar-refractivity contribution >= 4 is 0 Å². The molecule has 0 fully saturated rings. The van der Waals surface area contributed by atoms with Gasteiger partial charge in [-0.25, -0.2) is 0 Å². The lowest BCUT2D eigenvalue weighted by molar-refractivity contribution is 0.772. The smallest absolute Gasteiger partial charge is 0.0538 e. The lowest BCUT2D eigenvalue weighted by atomic mass is 10.3. The Morgan fingerprint density at radius 2 is 0.600 bits per heavy atom. The molecule has 0 rings (SSSR count). The molecule has 106 valence electrons. The number of hydrogen-bond acceptors (Lipinski definition) is 0. The van der Waals surface area contributed by atoms with E-state index < -0.39 is 0 Å². The predicted octanol–water partition coefficient (Wildman–Crippen LogP) is 7.82. The van der Waals surface area contributed by atoms with Crippen LogP contribution in [0.1, 0.15) is 104 Å². The number of rotatable bonds is 3. The average molecular weight is 227 g/mol. The minimum atomic E-state index is 0. The fourth-order valence-corrected chi connectivity index (χ4v) is 0.354. The van der Waals surface area contributed by atoms with E-state index in [1.807, 2.05) is 0 Å². The second-order valence-electron chi connectivity index (χ2n) is 2.35. The normalized spacial score (nSPS) is 4.80. The topological polar surface area (TPSA) is 0 Å². The molecule has 0 aromatic heterocycles. The molecule has 0 atom stereocenters. The highest BCUT2D eigenvalue weighted by Gasteiger charge is 1.68. The van der Waals surface area contributed by atoms with Gasteiger partial charge in [0.2, 0.25) is 0 Å². The van der Waals surface area contributed by atoms with Crippen molar-refractivity contribution in [3.8, 4) is 0 Å². The maximum absolute atomic E-state index is 2.21. The van der Waals surface area contributed by atoms with E-state index in [2.05, 4.69) is 27.7 Å². The molecule has 15 heavy (non-hydrogen) atoms. The van der Waals surface area contributed by atoms with Crippen molar-refractivity contribution in [1.29, 1.82) is 0 Å². The summed E-state index contributed by atoms with van der Waals surface area (Å²) in [5, 5.41) is 0. The van der Waals surface area contributed by atoms with Crippen LogP contribution in [0.5, 0.6) is 0 Å². The zero-order valence-electron chi connectivity index (χ0n) is 7.54. The Bertz CT molecular complexity index is 19.2. The van der Waals surface area contributed by atoms with Crippen molar-refractivity contribution < 1.29 is 0 Å². The van der Waals surface area contributed by atoms with Gasteiger partial charge >= 0.3 is 0 Å². The Morgan fingerprint density at radius 1 is 0.400 bits per heavy atom. The van der Waals surface area contributed by atoms with E-state index in [9.17, 15) is 0 Å². The van der Waals surface area contributed by atoms with Crippen LogP contribution in [0.3, 0.4) is 0 Å². The lowest BCUT2D eigenvalue weighted by Gasteiger charge is -1.79. The summed E-state index contributed by atoms with van der Waals surface area (Å²) in [5.74, 6) is 0. The lowest BCUT2D eigenvalue weighted by Crippen LogP contribution is -1.59. The van der Waals surface area contributed by atoms with E-state index in [-0.39, 0.29) is 44.6 Å². The van der Waals surface area contributed by atoms with Crippen molar-refractivity contribution in [2.75, 3.05) is 0 Å². The molecule has 0 aliphatic carbocycles. The van der Waals surface area contributed by atoms with Gasteiger partial charge in [-0.05, 0) is 0 Å². The Kier molecular flexibility index (Phi) is 379. The van der Waals surface area contributed by atoms with Crippen LogP contribution in [-0.4, -0.2) is 0 Å². The molecule has 0 N–H and O–H groups in total. The molecule has 0 aliphatic heterocycles. The summed E-state index contributed by atoms with van der Waals surface area (Å²) in [4.78, 5) is 0. The second-order valence-corrected chi connectivity index (χ2v) is 2.35.